The van der Waals surface area contributed by atoms with Crippen molar-refractivity contribution in [1.29, 1.82) is 0 Å². The van der Waals surface area contributed by atoms with Crippen LogP contribution >= 0.6 is 0 Å². The molecule has 2 rings (SSSR count). The number of rotatable bonds is 5. The zero-order valence-corrected chi connectivity index (χ0v) is 11.6. The molecule has 0 aromatic heterocycles. The molecule has 94 valence electrons. The van der Waals surface area contributed by atoms with Gasteiger partial charge < -0.3 is 18.0 Å². The number of epoxide rings is 1. The Bertz CT molecular complexity index is 236. The zero-order chi connectivity index (χ0) is 11.8. The Hall–Kier alpha value is 0.0569. The van der Waals surface area contributed by atoms with Crippen LogP contribution in [0, 0.1) is 5.92 Å². The number of fused-ring (bicyclic) bond motifs is 1. The van der Waals surface area contributed by atoms with Gasteiger partial charge in [0.2, 0.25) is 0 Å². The summed E-state index contributed by atoms with van der Waals surface area (Å²) in [6.45, 7) is 2.18. The molecule has 16 heavy (non-hydrogen) atoms. The van der Waals surface area contributed by atoms with Crippen LogP contribution in [0.5, 0.6) is 0 Å². The number of hydrogen-bond donors (Lipinski definition) is 0. The molecular formula is C11H22O4Si. The largest absolute Gasteiger partial charge is 0.503 e. The van der Waals surface area contributed by atoms with Gasteiger partial charge in [-0.3, -0.25) is 0 Å². The maximum absolute atomic E-state index is 5.70. The third-order valence-electron chi connectivity index (χ3n) is 4.12. The molecule has 4 unspecified atom stereocenters. The molecule has 0 amide bonds. The predicted molar refractivity (Wildman–Crippen MR) is 62.2 cm³/mol. The van der Waals surface area contributed by atoms with Gasteiger partial charge in [0.05, 0.1) is 12.2 Å². The highest BCUT2D eigenvalue weighted by molar-refractivity contribution is 6.62. The van der Waals surface area contributed by atoms with Gasteiger partial charge in [-0.2, -0.15) is 0 Å². The first-order valence-electron chi connectivity index (χ1n) is 5.99. The van der Waals surface area contributed by atoms with E-state index < -0.39 is 8.80 Å². The molecule has 0 N–H and O–H groups in total. The summed E-state index contributed by atoms with van der Waals surface area (Å²) in [7, 11) is 2.55. The molecule has 0 aromatic rings. The van der Waals surface area contributed by atoms with Crippen LogP contribution in [0.2, 0.25) is 5.54 Å². The molecule has 4 atom stereocenters. The minimum absolute atomic E-state index is 0.308. The minimum atomic E-state index is -2.50. The zero-order valence-electron chi connectivity index (χ0n) is 10.6. The van der Waals surface area contributed by atoms with Gasteiger partial charge in [0.25, 0.3) is 0 Å². The Kier molecular flexibility index (Phi) is 3.71. The standard InChI is InChI=1S/C11H22O4Si/c1-8(16(12-2,13-3)14-4)9-6-5-7-10-11(9)15-10/h8-11H,5-7H2,1-4H3. The third-order valence-corrected chi connectivity index (χ3v) is 7.37. The molecule has 1 saturated carbocycles. The van der Waals surface area contributed by atoms with Gasteiger partial charge >= 0.3 is 8.80 Å². The molecule has 4 nitrogen and oxygen atoms in total. The molecule has 2 aliphatic rings. The first-order chi connectivity index (χ1) is 7.68. The first-order valence-corrected chi connectivity index (χ1v) is 7.79. The van der Waals surface area contributed by atoms with Crippen molar-refractivity contribution in [1.82, 2.24) is 0 Å². The van der Waals surface area contributed by atoms with Crippen molar-refractivity contribution >= 4 is 8.80 Å². The predicted octanol–water partition coefficient (Wildman–Crippen LogP) is 1.82. The van der Waals surface area contributed by atoms with Crippen LogP contribution in [0.25, 0.3) is 0 Å². The van der Waals surface area contributed by atoms with E-state index in [0.29, 0.717) is 23.7 Å². The number of ether oxygens (including phenoxy) is 1. The van der Waals surface area contributed by atoms with E-state index in [1.165, 1.54) is 19.3 Å². The Morgan fingerprint density at radius 3 is 2.31 bits per heavy atom. The summed E-state index contributed by atoms with van der Waals surface area (Å²) < 4.78 is 22.4. The Morgan fingerprint density at radius 1 is 1.12 bits per heavy atom. The van der Waals surface area contributed by atoms with Gasteiger partial charge in [-0.1, -0.05) is 13.3 Å². The van der Waals surface area contributed by atoms with E-state index in [4.69, 9.17) is 18.0 Å². The highest BCUT2D eigenvalue weighted by Gasteiger charge is 2.57. The molecule has 5 heteroatoms. The van der Waals surface area contributed by atoms with Crippen molar-refractivity contribution in [3.05, 3.63) is 0 Å². The summed E-state index contributed by atoms with van der Waals surface area (Å²) in [6.07, 6.45) is 4.59. The van der Waals surface area contributed by atoms with Crippen LogP contribution < -0.4 is 0 Å². The smallest absolute Gasteiger partial charge is 0.377 e. The highest BCUT2D eigenvalue weighted by atomic mass is 28.4. The van der Waals surface area contributed by atoms with E-state index >= 15 is 0 Å². The molecule has 0 bridgehead atoms. The molecule has 1 aliphatic carbocycles. The fourth-order valence-corrected chi connectivity index (χ4v) is 5.58. The van der Waals surface area contributed by atoms with Crippen molar-refractivity contribution in [2.24, 2.45) is 5.92 Å². The molecular weight excluding hydrogens is 224 g/mol. The third kappa shape index (κ3) is 1.95. The molecule has 0 aromatic carbocycles. The van der Waals surface area contributed by atoms with Crippen LogP contribution in [0.4, 0.5) is 0 Å². The summed E-state index contributed by atoms with van der Waals surface area (Å²) in [5.41, 5.74) is 0.308. The van der Waals surface area contributed by atoms with Crippen molar-refractivity contribution in [3.63, 3.8) is 0 Å². The Balaban J connectivity index is 2.06. The monoisotopic (exact) mass is 246 g/mol. The average molecular weight is 246 g/mol. The lowest BCUT2D eigenvalue weighted by Crippen LogP contribution is -2.50. The molecule has 1 saturated heterocycles. The van der Waals surface area contributed by atoms with Crippen LogP contribution in [0.3, 0.4) is 0 Å². The van der Waals surface area contributed by atoms with Gasteiger partial charge in [-0.05, 0) is 18.8 Å². The van der Waals surface area contributed by atoms with Crippen molar-refractivity contribution in [2.45, 2.75) is 43.9 Å². The summed E-state index contributed by atoms with van der Waals surface area (Å²) in [6, 6.07) is 0. The summed E-state index contributed by atoms with van der Waals surface area (Å²) in [5.74, 6) is 0.533. The topological polar surface area (TPSA) is 40.2 Å². The SMILES string of the molecule is CO[Si](OC)(OC)C(C)C1CCCC2OC21. The maximum Gasteiger partial charge on any atom is 0.503 e. The van der Waals surface area contributed by atoms with Crippen molar-refractivity contribution < 1.29 is 18.0 Å². The van der Waals surface area contributed by atoms with Crippen LogP contribution in [0.15, 0.2) is 0 Å². The van der Waals surface area contributed by atoms with E-state index in [2.05, 4.69) is 6.92 Å². The summed E-state index contributed by atoms with van der Waals surface area (Å²) >= 11 is 0. The quantitative estimate of drug-likeness (QED) is 0.548. The van der Waals surface area contributed by atoms with Crippen LogP contribution in [0.1, 0.15) is 26.2 Å². The first kappa shape index (κ1) is 12.5. The lowest BCUT2D eigenvalue weighted by molar-refractivity contribution is 0.0983. The van der Waals surface area contributed by atoms with Gasteiger partial charge in [0.1, 0.15) is 0 Å². The van der Waals surface area contributed by atoms with Crippen molar-refractivity contribution in [3.8, 4) is 0 Å². The normalized spacial score (nSPS) is 35.6. The molecule has 2 fully saturated rings. The second-order valence-corrected chi connectivity index (χ2v) is 8.08. The number of hydrogen-bond acceptors (Lipinski definition) is 4. The van der Waals surface area contributed by atoms with Crippen molar-refractivity contribution in [2.75, 3.05) is 21.3 Å². The Labute approximate surface area is 98.6 Å². The fraction of sp³-hybridized carbons (Fsp3) is 1.00. The van der Waals surface area contributed by atoms with Gasteiger partial charge in [0.15, 0.2) is 0 Å². The average Bonchev–Trinajstić information content (AvgIpc) is 3.10. The fourth-order valence-electron chi connectivity index (χ4n) is 3.09. The van der Waals surface area contributed by atoms with Crippen LogP contribution in [-0.4, -0.2) is 42.3 Å². The molecule has 1 aliphatic heterocycles. The highest BCUT2D eigenvalue weighted by Crippen LogP contribution is 2.48. The van der Waals surface area contributed by atoms with E-state index in [1.54, 1.807) is 21.3 Å². The van der Waals surface area contributed by atoms with Crippen LogP contribution in [-0.2, 0) is 18.0 Å². The van der Waals surface area contributed by atoms with E-state index in [9.17, 15) is 0 Å². The minimum Gasteiger partial charge on any atom is -0.377 e. The molecule has 0 spiro atoms. The molecule has 1 heterocycles. The second-order valence-electron chi connectivity index (χ2n) is 4.74. The van der Waals surface area contributed by atoms with Gasteiger partial charge in [-0.25, -0.2) is 0 Å². The lowest BCUT2D eigenvalue weighted by atomic mass is 9.87. The van der Waals surface area contributed by atoms with E-state index in [0.717, 1.165) is 0 Å². The van der Waals surface area contributed by atoms with Gasteiger partial charge in [-0.15, -0.1) is 0 Å². The maximum atomic E-state index is 5.70. The van der Waals surface area contributed by atoms with E-state index in [-0.39, 0.29) is 0 Å². The second kappa shape index (κ2) is 4.74. The summed E-state index contributed by atoms with van der Waals surface area (Å²) in [5, 5.41) is 0. The molecule has 0 radical (unpaired) electrons. The summed E-state index contributed by atoms with van der Waals surface area (Å²) in [4.78, 5) is 0. The Morgan fingerprint density at radius 2 is 1.75 bits per heavy atom. The van der Waals surface area contributed by atoms with E-state index in [1.807, 2.05) is 0 Å². The van der Waals surface area contributed by atoms with Gasteiger partial charge in [0, 0.05) is 26.9 Å². The lowest BCUT2D eigenvalue weighted by Gasteiger charge is -2.35.